The number of hydrogen-bond acceptors (Lipinski definition) is 5. The van der Waals surface area contributed by atoms with Crippen LogP contribution in [0.15, 0.2) is 41.0 Å². The van der Waals surface area contributed by atoms with Crippen molar-refractivity contribution in [3.05, 3.63) is 47.9 Å². The molecule has 0 atom stereocenters. The highest BCUT2D eigenvalue weighted by molar-refractivity contribution is 5.84. The molecule has 0 radical (unpaired) electrons. The molecule has 0 saturated heterocycles. The Morgan fingerprint density at radius 3 is 2.10 bits per heavy atom. The number of rotatable bonds is 20. The van der Waals surface area contributed by atoms with Crippen molar-refractivity contribution in [2.24, 2.45) is 0 Å². The van der Waals surface area contributed by atoms with E-state index in [1.807, 2.05) is 37.3 Å². The second-order valence-corrected chi connectivity index (χ2v) is 10.6. The van der Waals surface area contributed by atoms with Gasteiger partial charge in [0.2, 0.25) is 18.6 Å². The van der Waals surface area contributed by atoms with Crippen molar-refractivity contribution < 1.29 is 23.5 Å². The standard InChI is InChI=1S/C32H48N2O5/c1-3-5-6-7-8-9-10-11-12-13-14-17-31(35)33(20-4-2)25-32(36)34(24-28-16-15-21-37-28)23-27-18-19-29-30(22-27)39-26-38-29/h15-16,18-19,21-22H,3-14,17,20,23-26H2,1-2H3. The predicted molar refractivity (Wildman–Crippen MR) is 153 cm³/mol. The normalized spacial score (nSPS) is 12.1. The van der Waals surface area contributed by atoms with Crippen LogP contribution >= 0.6 is 0 Å². The highest BCUT2D eigenvalue weighted by Crippen LogP contribution is 2.33. The minimum atomic E-state index is -0.0928. The van der Waals surface area contributed by atoms with E-state index in [0.717, 1.165) is 24.8 Å². The molecule has 2 amide bonds. The lowest BCUT2D eigenvalue weighted by molar-refractivity contribution is -0.141. The van der Waals surface area contributed by atoms with Gasteiger partial charge in [-0.1, -0.05) is 84.1 Å². The molecule has 7 nitrogen and oxygen atoms in total. The van der Waals surface area contributed by atoms with Crippen molar-refractivity contribution >= 4 is 11.8 Å². The van der Waals surface area contributed by atoms with Gasteiger partial charge in [0.1, 0.15) is 5.76 Å². The summed E-state index contributed by atoms with van der Waals surface area (Å²) in [7, 11) is 0. The van der Waals surface area contributed by atoms with E-state index in [-0.39, 0.29) is 25.2 Å². The largest absolute Gasteiger partial charge is 0.467 e. The number of hydrogen-bond donors (Lipinski definition) is 0. The lowest BCUT2D eigenvalue weighted by Gasteiger charge is -2.27. The molecule has 3 rings (SSSR count). The summed E-state index contributed by atoms with van der Waals surface area (Å²) in [5.41, 5.74) is 0.938. The lowest BCUT2D eigenvalue weighted by atomic mass is 10.1. The van der Waals surface area contributed by atoms with Crippen LogP contribution in [0.5, 0.6) is 11.5 Å². The van der Waals surface area contributed by atoms with Gasteiger partial charge in [-0.3, -0.25) is 9.59 Å². The van der Waals surface area contributed by atoms with Crippen LogP contribution in [0.2, 0.25) is 0 Å². The van der Waals surface area contributed by atoms with E-state index >= 15 is 0 Å². The van der Waals surface area contributed by atoms with Gasteiger partial charge in [0, 0.05) is 19.5 Å². The summed E-state index contributed by atoms with van der Waals surface area (Å²) in [5, 5.41) is 0. The van der Waals surface area contributed by atoms with Crippen LogP contribution in [0.1, 0.15) is 109 Å². The summed E-state index contributed by atoms with van der Waals surface area (Å²) >= 11 is 0. The zero-order valence-electron chi connectivity index (χ0n) is 24.1. The van der Waals surface area contributed by atoms with Gasteiger partial charge in [-0.25, -0.2) is 0 Å². The molecule has 0 aliphatic carbocycles. The van der Waals surface area contributed by atoms with E-state index in [1.54, 1.807) is 16.1 Å². The molecule has 0 fully saturated rings. The molecule has 1 aliphatic heterocycles. The van der Waals surface area contributed by atoms with Crippen molar-refractivity contribution in [1.82, 2.24) is 9.80 Å². The van der Waals surface area contributed by atoms with Gasteiger partial charge < -0.3 is 23.7 Å². The number of furan rings is 1. The molecule has 216 valence electrons. The van der Waals surface area contributed by atoms with Crippen LogP contribution in [0.25, 0.3) is 0 Å². The summed E-state index contributed by atoms with van der Waals surface area (Å²) < 4.78 is 16.5. The first-order valence-electron chi connectivity index (χ1n) is 15.1. The molecule has 39 heavy (non-hydrogen) atoms. The van der Waals surface area contributed by atoms with Gasteiger partial charge >= 0.3 is 0 Å². The van der Waals surface area contributed by atoms with Crippen LogP contribution in [0.3, 0.4) is 0 Å². The highest BCUT2D eigenvalue weighted by Gasteiger charge is 2.23. The summed E-state index contributed by atoms with van der Waals surface area (Å²) in [6.07, 6.45) is 16.7. The third kappa shape index (κ3) is 11.0. The number of ether oxygens (including phenoxy) is 2. The molecule has 1 aromatic heterocycles. The van der Waals surface area contributed by atoms with Crippen molar-refractivity contribution in [2.75, 3.05) is 19.9 Å². The van der Waals surface area contributed by atoms with Crippen LogP contribution in [0, 0.1) is 0 Å². The zero-order chi connectivity index (χ0) is 27.7. The maximum absolute atomic E-state index is 13.5. The first-order chi connectivity index (χ1) is 19.1. The molecule has 1 aromatic carbocycles. The Morgan fingerprint density at radius 2 is 1.44 bits per heavy atom. The molecule has 0 unspecified atom stereocenters. The molecule has 0 spiro atoms. The molecular weight excluding hydrogens is 492 g/mol. The fourth-order valence-electron chi connectivity index (χ4n) is 5.01. The van der Waals surface area contributed by atoms with Crippen molar-refractivity contribution in [1.29, 1.82) is 0 Å². The monoisotopic (exact) mass is 540 g/mol. The van der Waals surface area contributed by atoms with E-state index in [9.17, 15) is 9.59 Å². The van der Waals surface area contributed by atoms with E-state index in [4.69, 9.17) is 13.9 Å². The van der Waals surface area contributed by atoms with Gasteiger partial charge in [0.25, 0.3) is 0 Å². The minimum absolute atomic E-state index is 0.0714. The number of unbranched alkanes of at least 4 members (excludes halogenated alkanes) is 10. The average molecular weight is 541 g/mol. The summed E-state index contributed by atoms with van der Waals surface area (Å²) in [5.74, 6) is 2.09. The van der Waals surface area contributed by atoms with Gasteiger partial charge in [0.05, 0.1) is 19.4 Å². The number of carbonyl (C=O) groups excluding carboxylic acids is 2. The Hall–Kier alpha value is -2.96. The number of carbonyl (C=O) groups is 2. The third-order valence-corrected chi connectivity index (χ3v) is 7.26. The van der Waals surface area contributed by atoms with Gasteiger partial charge in [-0.15, -0.1) is 0 Å². The first kappa shape index (κ1) is 30.6. The Bertz CT molecular complexity index is 975. The van der Waals surface area contributed by atoms with Crippen LogP contribution in [-0.2, 0) is 22.7 Å². The van der Waals surface area contributed by atoms with Gasteiger partial charge in [0.15, 0.2) is 11.5 Å². The smallest absolute Gasteiger partial charge is 0.242 e. The van der Waals surface area contributed by atoms with E-state index in [2.05, 4.69) is 6.92 Å². The Morgan fingerprint density at radius 1 is 0.744 bits per heavy atom. The zero-order valence-corrected chi connectivity index (χ0v) is 24.1. The number of nitrogens with zero attached hydrogens (tertiary/aromatic N) is 2. The number of benzene rings is 1. The lowest BCUT2D eigenvalue weighted by Crippen LogP contribution is -2.42. The first-order valence-corrected chi connectivity index (χ1v) is 15.1. The quantitative estimate of drug-likeness (QED) is 0.163. The summed E-state index contributed by atoms with van der Waals surface area (Å²) in [4.78, 5) is 30.0. The highest BCUT2D eigenvalue weighted by atomic mass is 16.7. The molecule has 2 heterocycles. The van der Waals surface area contributed by atoms with E-state index in [0.29, 0.717) is 43.3 Å². The Balaban J connectivity index is 1.46. The van der Waals surface area contributed by atoms with Crippen LogP contribution in [-0.4, -0.2) is 41.5 Å². The van der Waals surface area contributed by atoms with E-state index in [1.165, 1.54) is 57.8 Å². The van der Waals surface area contributed by atoms with Gasteiger partial charge in [-0.05, 0) is 42.7 Å². The van der Waals surface area contributed by atoms with Crippen molar-refractivity contribution in [3.8, 4) is 11.5 Å². The minimum Gasteiger partial charge on any atom is -0.467 e. The predicted octanol–water partition coefficient (Wildman–Crippen LogP) is 7.48. The fourth-order valence-corrected chi connectivity index (χ4v) is 5.01. The fraction of sp³-hybridized carbons (Fsp3) is 0.625. The van der Waals surface area contributed by atoms with Crippen molar-refractivity contribution in [2.45, 2.75) is 110 Å². The van der Waals surface area contributed by atoms with Crippen molar-refractivity contribution in [3.63, 3.8) is 0 Å². The second kappa shape index (κ2) is 17.6. The van der Waals surface area contributed by atoms with E-state index < -0.39 is 0 Å². The molecule has 0 bridgehead atoms. The topological polar surface area (TPSA) is 72.2 Å². The maximum atomic E-state index is 13.5. The van der Waals surface area contributed by atoms with Crippen LogP contribution in [0.4, 0.5) is 0 Å². The Labute approximate surface area is 234 Å². The third-order valence-electron chi connectivity index (χ3n) is 7.26. The molecular formula is C32H48N2O5. The molecule has 1 aliphatic rings. The summed E-state index contributed by atoms with van der Waals surface area (Å²) in [6, 6.07) is 9.40. The Kier molecular flexibility index (Phi) is 13.8. The van der Waals surface area contributed by atoms with Crippen LogP contribution < -0.4 is 9.47 Å². The molecule has 0 saturated carbocycles. The maximum Gasteiger partial charge on any atom is 0.242 e. The number of amides is 2. The second-order valence-electron chi connectivity index (χ2n) is 10.6. The molecule has 2 aromatic rings. The SMILES string of the molecule is CCCCCCCCCCCCCC(=O)N(CCC)CC(=O)N(Cc1ccc2c(c1)OCO2)Cc1ccco1. The number of fused-ring (bicyclic) bond motifs is 1. The molecule has 7 heteroatoms. The molecule has 0 N–H and O–H groups in total. The average Bonchev–Trinajstić information content (AvgIpc) is 3.63. The van der Waals surface area contributed by atoms with Gasteiger partial charge in [-0.2, -0.15) is 0 Å². The summed E-state index contributed by atoms with van der Waals surface area (Å²) in [6.45, 7) is 5.90.